The molecule has 2 heterocycles. The number of ether oxygens (including phenoxy) is 1. The van der Waals surface area contributed by atoms with Crippen LogP contribution in [0.5, 0.6) is 0 Å². The highest BCUT2D eigenvalue weighted by Gasteiger charge is 2.37. The number of nitrogens with two attached hydrogens (primary N) is 1. The van der Waals surface area contributed by atoms with E-state index in [1.807, 2.05) is 66.7 Å². The first kappa shape index (κ1) is 22.3. The highest BCUT2D eigenvalue weighted by atomic mass is 16.5. The van der Waals surface area contributed by atoms with Gasteiger partial charge in [-0.25, -0.2) is 4.98 Å². The fraction of sp³-hybridized carbons (Fsp3) is 0.107. The van der Waals surface area contributed by atoms with Crippen molar-refractivity contribution in [2.24, 2.45) is 0 Å². The average molecular weight is 464 g/mol. The lowest BCUT2D eigenvalue weighted by Crippen LogP contribution is -2.33. The lowest BCUT2D eigenvalue weighted by molar-refractivity contribution is 0.0319. The number of H-pyrrole nitrogens is 1. The average Bonchev–Trinajstić information content (AvgIpc) is 3.31. The maximum atomic E-state index is 12.0. The first-order valence-corrected chi connectivity index (χ1v) is 11.3. The minimum absolute atomic E-state index is 0.0647. The molecule has 0 amide bonds. The number of anilines is 1. The molecule has 0 fully saturated rings. The smallest absolute Gasteiger partial charge is 0.280 e. The van der Waals surface area contributed by atoms with Crippen molar-refractivity contribution >= 4 is 17.1 Å². The van der Waals surface area contributed by atoms with Crippen molar-refractivity contribution in [2.45, 2.75) is 12.1 Å². The lowest BCUT2D eigenvalue weighted by Gasteiger charge is -2.35. The van der Waals surface area contributed by atoms with Crippen LogP contribution in [0.4, 0.5) is 5.95 Å². The molecule has 0 aliphatic carbocycles. The highest BCUT2D eigenvalue weighted by molar-refractivity contribution is 5.70. The Hall–Kier alpha value is -4.49. The van der Waals surface area contributed by atoms with E-state index in [4.69, 9.17) is 10.5 Å². The number of allylic oxidation sites excluding steroid dienone is 1. The third kappa shape index (κ3) is 4.37. The van der Waals surface area contributed by atoms with Crippen molar-refractivity contribution < 1.29 is 4.74 Å². The van der Waals surface area contributed by atoms with E-state index >= 15 is 0 Å². The predicted molar refractivity (Wildman–Crippen MR) is 137 cm³/mol. The van der Waals surface area contributed by atoms with Crippen LogP contribution in [-0.2, 0) is 16.9 Å². The summed E-state index contributed by atoms with van der Waals surface area (Å²) in [7, 11) is 0. The van der Waals surface area contributed by atoms with Crippen LogP contribution in [0.2, 0.25) is 0 Å². The Morgan fingerprint density at radius 1 is 0.857 bits per heavy atom. The van der Waals surface area contributed by atoms with Gasteiger partial charge < -0.3 is 15.0 Å². The fourth-order valence-electron chi connectivity index (χ4n) is 4.30. The zero-order valence-corrected chi connectivity index (χ0v) is 19.0. The third-order valence-electron chi connectivity index (χ3n) is 5.90. The Labute approximate surface area is 202 Å². The number of nitrogens with zero attached hydrogens (tertiary/aromatic N) is 3. The molecular weight excluding hydrogens is 438 g/mol. The van der Waals surface area contributed by atoms with Gasteiger partial charge >= 0.3 is 0 Å². The van der Waals surface area contributed by atoms with Gasteiger partial charge in [0.25, 0.3) is 5.56 Å². The fourth-order valence-corrected chi connectivity index (χ4v) is 4.30. The van der Waals surface area contributed by atoms with Gasteiger partial charge in [-0.3, -0.25) is 9.78 Å². The molecule has 0 atom stereocenters. The normalized spacial score (nSPS) is 11.9. The zero-order chi connectivity index (χ0) is 24.1. The van der Waals surface area contributed by atoms with Gasteiger partial charge in [0, 0.05) is 6.54 Å². The van der Waals surface area contributed by atoms with Crippen LogP contribution in [-0.4, -0.2) is 26.1 Å². The lowest BCUT2D eigenvalue weighted by atomic mass is 9.80. The van der Waals surface area contributed by atoms with Crippen LogP contribution >= 0.6 is 0 Å². The second-order valence-electron chi connectivity index (χ2n) is 8.08. The Morgan fingerprint density at radius 2 is 1.40 bits per heavy atom. The molecule has 3 aromatic carbocycles. The van der Waals surface area contributed by atoms with E-state index in [1.165, 1.54) is 0 Å². The van der Waals surface area contributed by atoms with E-state index in [9.17, 15) is 4.79 Å². The standard InChI is InChI=1S/C28H25N5O2/c29-27-31-25-24(26(34)32-27)30-20-33(25)18-10-11-19-35-28(21-12-4-1-5-13-21,22-14-6-2-7-15-22)23-16-8-3-9-17-23/h1-17,20H,18-19H2,(H3,29,31,32,34)/b11-10-. The van der Waals surface area contributed by atoms with Gasteiger partial charge in [-0.2, -0.15) is 4.98 Å². The van der Waals surface area contributed by atoms with Gasteiger partial charge in [0.05, 0.1) is 12.9 Å². The summed E-state index contributed by atoms with van der Waals surface area (Å²) >= 11 is 0. The van der Waals surface area contributed by atoms with Crippen molar-refractivity contribution in [3.8, 4) is 0 Å². The summed E-state index contributed by atoms with van der Waals surface area (Å²) < 4.78 is 8.50. The van der Waals surface area contributed by atoms with Crippen molar-refractivity contribution in [1.29, 1.82) is 0 Å². The maximum absolute atomic E-state index is 12.0. The molecule has 7 nitrogen and oxygen atoms in total. The maximum Gasteiger partial charge on any atom is 0.280 e. The number of aromatic amines is 1. The molecule has 5 rings (SSSR count). The molecule has 2 aromatic heterocycles. The largest absolute Gasteiger partial charge is 0.369 e. The van der Waals surface area contributed by atoms with Gasteiger partial charge in [-0.15, -0.1) is 0 Å². The zero-order valence-electron chi connectivity index (χ0n) is 19.0. The van der Waals surface area contributed by atoms with Gasteiger partial charge in [0.1, 0.15) is 5.60 Å². The van der Waals surface area contributed by atoms with Crippen LogP contribution in [0.25, 0.3) is 11.2 Å². The van der Waals surface area contributed by atoms with Crippen LogP contribution in [0.15, 0.2) is 114 Å². The number of hydrogen-bond acceptors (Lipinski definition) is 5. The number of nitrogens with one attached hydrogen (secondary N) is 1. The molecule has 0 spiro atoms. The van der Waals surface area contributed by atoms with Gasteiger partial charge in [0.2, 0.25) is 5.95 Å². The summed E-state index contributed by atoms with van der Waals surface area (Å²) in [6.45, 7) is 0.840. The molecule has 0 unspecified atom stereocenters. The van der Waals surface area contributed by atoms with Gasteiger partial charge in [-0.1, -0.05) is 103 Å². The SMILES string of the molecule is Nc1nc2c(ncn2C/C=C\COC(c2ccccc2)(c2ccccc2)c2ccccc2)c(=O)[nH]1. The molecule has 7 heteroatoms. The number of nitrogen functional groups attached to an aromatic ring is 1. The minimum atomic E-state index is -0.779. The van der Waals surface area contributed by atoms with Crippen molar-refractivity contribution in [3.05, 3.63) is 137 Å². The quantitative estimate of drug-likeness (QED) is 0.265. The summed E-state index contributed by atoms with van der Waals surface area (Å²) in [5, 5.41) is 0. The molecule has 0 radical (unpaired) electrons. The van der Waals surface area contributed by atoms with Crippen molar-refractivity contribution in [1.82, 2.24) is 19.5 Å². The third-order valence-corrected chi connectivity index (χ3v) is 5.90. The second kappa shape index (κ2) is 9.79. The Bertz CT molecular complexity index is 1400. The van der Waals surface area contributed by atoms with E-state index in [2.05, 4.69) is 51.4 Å². The summed E-state index contributed by atoms with van der Waals surface area (Å²) in [5.41, 5.74) is 8.42. The van der Waals surface area contributed by atoms with Crippen LogP contribution in [0, 0.1) is 0 Å². The number of benzene rings is 3. The molecule has 0 saturated carbocycles. The molecule has 174 valence electrons. The van der Waals surface area contributed by atoms with Crippen molar-refractivity contribution in [3.63, 3.8) is 0 Å². The summed E-state index contributed by atoms with van der Waals surface area (Å²) in [5.74, 6) is 0.0647. The Kier molecular flexibility index (Phi) is 6.24. The summed E-state index contributed by atoms with van der Waals surface area (Å²) in [6.07, 6.45) is 5.51. The number of aromatic nitrogens is 4. The molecule has 0 aliphatic rings. The van der Waals surface area contributed by atoms with Gasteiger partial charge in [-0.05, 0) is 16.7 Å². The van der Waals surface area contributed by atoms with E-state index in [0.717, 1.165) is 16.7 Å². The van der Waals surface area contributed by atoms with Gasteiger partial charge in [0.15, 0.2) is 11.2 Å². The highest BCUT2D eigenvalue weighted by Crippen LogP contribution is 2.40. The minimum Gasteiger partial charge on any atom is -0.369 e. The van der Waals surface area contributed by atoms with Crippen LogP contribution < -0.4 is 11.3 Å². The first-order valence-electron chi connectivity index (χ1n) is 11.3. The number of rotatable bonds is 8. The van der Waals surface area contributed by atoms with E-state index in [-0.39, 0.29) is 17.0 Å². The van der Waals surface area contributed by atoms with E-state index in [1.54, 1.807) is 10.9 Å². The summed E-state index contributed by atoms with van der Waals surface area (Å²) in [4.78, 5) is 22.8. The monoisotopic (exact) mass is 463 g/mol. The van der Waals surface area contributed by atoms with E-state index < -0.39 is 5.60 Å². The predicted octanol–water partition coefficient (Wildman–Crippen LogP) is 4.27. The van der Waals surface area contributed by atoms with Crippen LogP contribution in [0.1, 0.15) is 16.7 Å². The molecule has 5 aromatic rings. The summed E-state index contributed by atoms with van der Waals surface area (Å²) in [6, 6.07) is 30.7. The number of fused-ring (bicyclic) bond motifs is 1. The molecular formula is C28H25N5O2. The Balaban J connectivity index is 1.45. The first-order chi connectivity index (χ1) is 17.2. The topological polar surface area (TPSA) is 98.8 Å². The molecule has 0 bridgehead atoms. The molecule has 0 aliphatic heterocycles. The van der Waals surface area contributed by atoms with Crippen LogP contribution in [0.3, 0.4) is 0 Å². The molecule has 0 saturated heterocycles. The number of imidazole rings is 1. The number of hydrogen-bond donors (Lipinski definition) is 2. The Morgan fingerprint density at radius 3 is 1.94 bits per heavy atom. The van der Waals surface area contributed by atoms with Crippen molar-refractivity contribution in [2.75, 3.05) is 12.3 Å². The second-order valence-corrected chi connectivity index (χ2v) is 8.08. The molecule has 35 heavy (non-hydrogen) atoms. The van der Waals surface area contributed by atoms with E-state index in [0.29, 0.717) is 18.8 Å². The molecule has 3 N–H and O–H groups in total.